The molecule has 2 amide bonds. The van der Waals surface area contributed by atoms with Crippen LogP contribution in [0.15, 0.2) is 48.5 Å². The highest BCUT2D eigenvalue weighted by atomic mass is 19.1. The van der Waals surface area contributed by atoms with E-state index in [1.54, 1.807) is 31.4 Å². The number of hydrogen-bond acceptors (Lipinski definition) is 3. The molecule has 0 spiro atoms. The molecule has 24 heavy (non-hydrogen) atoms. The lowest BCUT2D eigenvalue weighted by molar-refractivity contribution is -0.116. The Kier molecular flexibility index (Phi) is 5.89. The van der Waals surface area contributed by atoms with Crippen LogP contribution in [0.5, 0.6) is 5.75 Å². The number of halogens is 1. The molecule has 5 nitrogen and oxygen atoms in total. The fourth-order valence-corrected chi connectivity index (χ4v) is 2.22. The van der Waals surface area contributed by atoms with Crippen LogP contribution in [0.4, 0.5) is 10.1 Å². The van der Waals surface area contributed by atoms with E-state index >= 15 is 0 Å². The van der Waals surface area contributed by atoms with Crippen LogP contribution in [0, 0.1) is 5.82 Å². The summed E-state index contributed by atoms with van der Waals surface area (Å²) in [4.78, 5) is 25.3. The maximum Gasteiger partial charge on any atom is 0.251 e. The van der Waals surface area contributed by atoms with Crippen molar-refractivity contribution in [2.45, 2.75) is 6.92 Å². The molecule has 126 valence electrons. The monoisotopic (exact) mass is 330 g/mol. The molecular weight excluding hydrogens is 311 g/mol. The highest BCUT2D eigenvalue weighted by Gasteiger charge is 2.12. The van der Waals surface area contributed by atoms with Gasteiger partial charge in [-0.2, -0.15) is 0 Å². The Balaban J connectivity index is 1.93. The van der Waals surface area contributed by atoms with Gasteiger partial charge in [0.1, 0.15) is 11.6 Å². The summed E-state index contributed by atoms with van der Waals surface area (Å²) < 4.78 is 18.0. The summed E-state index contributed by atoms with van der Waals surface area (Å²) >= 11 is 0. The minimum Gasteiger partial charge on any atom is -0.497 e. The largest absolute Gasteiger partial charge is 0.497 e. The number of carbonyl (C=O) groups excluding carboxylic acids is 2. The zero-order chi connectivity index (χ0) is 17.5. The Morgan fingerprint density at radius 1 is 1.08 bits per heavy atom. The predicted octanol–water partition coefficient (Wildman–Crippen LogP) is 2.62. The summed E-state index contributed by atoms with van der Waals surface area (Å²) in [6.07, 6.45) is 0. The Morgan fingerprint density at radius 2 is 1.71 bits per heavy atom. The number of nitrogens with one attached hydrogen (secondary N) is 1. The molecule has 0 atom stereocenters. The van der Waals surface area contributed by atoms with Crippen LogP contribution in [-0.2, 0) is 4.79 Å². The van der Waals surface area contributed by atoms with Gasteiger partial charge in [-0.25, -0.2) is 4.39 Å². The van der Waals surface area contributed by atoms with Gasteiger partial charge in [0.05, 0.1) is 7.11 Å². The molecule has 1 N–H and O–H groups in total. The topological polar surface area (TPSA) is 58.6 Å². The van der Waals surface area contributed by atoms with E-state index in [1.807, 2.05) is 0 Å². The second kappa shape index (κ2) is 8.10. The normalized spacial score (nSPS) is 10.1. The molecule has 0 aliphatic heterocycles. The SMILES string of the molecule is COc1ccc(C(=O)NCCN(C(C)=O)c2ccc(F)cc2)cc1. The standard InChI is InChI=1S/C18H19FN2O3/c1-13(22)21(16-7-5-15(19)6-8-16)12-11-20-18(23)14-3-9-17(24-2)10-4-14/h3-10H,11-12H2,1-2H3,(H,20,23). The third-order valence-electron chi connectivity index (χ3n) is 3.49. The van der Waals surface area contributed by atoms with Gasteiger partial charge in [-0.1, -0.05) is 0 Å². The summed E-state index contributed by atoms with van der Waals surface area (Å²) in [5, 5.41) is 2.76. The van der Waals surface area contributed by atoms with Crippen molar-refractivity contribution in [3.63, 3.8) is 0 Å². The highest BCUT2D eigenvalue weighted by Crippen LogP contribution is 2.15. The maximum atomic E-state index is 13.0. The first-order chi connectivity index (χ1) is 11.5. The number of carbonyl (C=O) groups is 2. The molecule has 0 unspecified atom stereocenters. The molecule has 0 heterocycles. The van der Waals surface area contributed by atoms with Crippen molar-refractivity contribution in [2.24, 2.45) is 0 Å². The first kappa shape index (κ1) is 17.5. The van der Waals surface area contributed by atoms with Crippen molar-refractivity contribution in [1.82, 2.24) is 5.32 Å². The molecule has 0 aliphatic carbocycles. The number of ether oxygens (including phenoxy) is 1. The van der Waals surface area contributed by atoms with E-state index < -0.39 is 0 Å². The van der Waals surface area contributed by atoms with Crippen LogP contribution in [0.3, 0.4) is 0 Å². The van der Waals surface area contributed by atoms with Crippen molar-refractivity contribution in [2.75, 3.05) is 25.1 Å². The minimum atomic E-state index is -0.366. The van der Waals surface area contributed by atoms with E-state index in [4.69, 9.17) is 4.74 Å². The molecule has 2 aromatic carbocycles. The van der Waals surface area contributed by atoms with Gasteiger partial charge in [-0.15, -0.1) is 0 Å². The first-order valence-electron chi connectivity index (χ1n) is 7.47. The zero-order valence-corrected chi connectivity index (χ0v) is 13.6. The van der Waals surface area contributed by atoms with Crippen molar-refractivity contribution in [3.05, 3.63) is 59.9 Å². The lowest BCUT2D eigenvalue weighted by Crippen LogP contribution is -2.37. The van der Waals surface area contributed by atoms with Crippen LogP contribution in [-0.4, -0.2) is 32.0 Å². The average molecular weight is 330 g/mol. The van der Waals surface area contributed by atoms with E-state index in [1.165, 1.54) is 36.1 Å². The number of rotatable bonds is 6. The third kappa shape index (κ3) is 4.55. The Morgan fingerprint density at radius 3 is 2.25 bits per heavy atom. The fraction of sp³-hybridized carbons (Fsp3) is 0.222. The number of benzene rings is 2. The maximum absolute atomic E-state index is 13.0. The molecular formula is C18H19FN2O3. The summed E-state index contributed by atoms with van der Waals surface area (Å²) in [7, 11) is 1.56. The van der Waals surface area contributed by atoms with Crippen LogP contribution < -0.4 is 15.0 Å². The molecule has 2 rings (SSSR count). The van der Waals surface area contributed by atoms with Gasteiger partial charge in [0.15, 0.2) is 0 Å². The van der Waals surface area contributed by atoms with Gasteiger partial charge in [0, 0.05) is 31.3 Å². The Bertz CT molecular complexity index is 699. The van der Waals surface area contributed by atoms with Crippen molar-refractivity contribution < 1.29 is 18.7 Å². The van der Waals surface area contributed by atoms with E-state index in [0.717, 1.165) is 0 Å². The average Bonchev–Trinajstić information content (AvgIpc) is 2.59. The molecule has 0 saturated carbocycles. The Labute approximate surface area is 140 Å². The van der Waals surface area contributed by atoms with Gasteiger partial charge in [0.2, 0.25) is 5.91 Å². The first-order valence-corrected chi connectivity index (χ1v) is 7.47. The molecule has 0 radical (unpaired) electrons. The molecule has 2 aromatic rings. The lowest BCUT2D eigenvalue weighted by Gasteiger charge is -2.21. The molecule has 6 heteroatoms. The fourth-order valence-electron chi connectivity index (χ4n) is 2.22. The van der Waals surface area contributed by atoms with Crippen LogP contribution in [0.1, 0.15) is 17.3 Å². The second-order valence-electron chi connectivity index (χ2n) is 5.13. The van der Waals surface area contributed by atoms with E-state index in [0.29, 0.717) is 23.5 Å². The number of anilines is 1. The van der Waals surface area contributed by atoms with Gasteiger partial charge in [-0.3, -0.25) is 9.59 Å². The van der Waals surface area contributed by atoms with Gasteiger partial charge in [0.25, 0.3) is 5.91 Å². The quantitative estimate of drug-likeness (QED) is 0.886. The second-order valence-corrected chi connectivity index (χ2v) is 5.13. The van der Waals surface area contributed by atoms with Gasteiger partial charge >= 0.3 is 0 Å². The highest BCUT2D eigenvalue weighted by molar-refractivity contribution is 5.94. The Hall–Kier alpha value is -2.89. The van der Waals surface area contributed by atoms with Crippen LogP contribution >= 0.6 is 0 Å². The van der Waals surface area contributed by atoms with Crippen molar-refractivity contribution in [3.8, 4) is 5.75 Å². The van der Waals surface area contributed by atoms with Crippen LogP contribution in [0.25, 0.3) is 0 Å². The number of amides is 2. The van der Waals surface area contributed by atoms with Crippen LogP contribution in [0.2, 0.25) is 0 Å². The van der Waals surface area contributed by atoms with Crippen molar-refractivity contribution >= 4 is 17.5 Å². The number of hydrogen-bond donors (Lipinski definition) is 1. The van der Waals surface area contributed by atoms with E-state index in [9.17, 15) is 14.0 Å². The number of methoxy groups -OCH3 is 1. The summed E-state index contributed by atoms with van der Waals surface area (Å²) in [6.45, 7) is 2.00. The molecule has 0 fully saturated rings. The summed E-state index contributed by atoms with van der Waals surface area (Å²) in [6, 6.07) is 12.4. The minimum absolute atomic E-state index is 0.180. The zero-order valence-electron chi connectivity index (χ0n) is 13.6. The van der Waals surface area contributed by atoms with Crippen molar-refractivity contribution in [1.29, 1.82) is 0 Å². The number of nitrogens with zero attached hydrogens (tertiary/aromatic N) is 1. The third-order valence-corrected chi connectivity index (χ3v) is 3.49. The molecule has 0 aliphatic rings. The van der Waals surface area contributed by atoms with E-state index in [-0.39, 0.29) is 24.2 Å². The van der Waals surface area contributed by atoms with E-state index in [2.05, 4.69) is 5.32 Å². The summed E-state index contributed by atoms with van der Waals surface area (Å²) in [5.41, 5.74) is 1.09. The van der Waals surface area contributed by atoms with Gasteiger partial charge < -0.3 is 15.0 Å². The lowest BCUT2D eigenvalue weighted by atomic mass is 10.2. The molecule has 0 bridgehead atoms. The summed E-state index contributed by atoms with van der Waals surface area (Å²) in [5.74, 6) is -0.110. The van der Waals surface area contributed by atoms with Gasteiger partial charge in [-0.05, 0) is 48.5 Å². The predicted molar refractivity (Wildman–Crippen MR) is 89.8 cm³/mol. The molecule has 0 saturated heterocycles. The smallest absolute Gasteiger partial charge is 0.251 e. The molecule has 0 aromatic heterocycles.